The lowest BCUT2D eigenvalue weighted by molar-refractivity contribution is 0.0703. The molecule has 0 radical (unpaired) electrons. The van der Waals surface area contributed by atoms with Gasteiger partial charge in [0.25, 0.3) is 0 Å². The number of aromatic carboxylic acids is 1. The van der Waals surface area contributed by atoms with Crippen LogP contribution >= 0.6 is 11.3 Å². The maximum absolute atomic E-state index is 11.7. The van der Waals surface area contributed by atoms with Crippen molar-refractivity contribution in [2.45, 2.75) is 63.6 Å². The van der Waals surface area contributed by atoms with Gasteiger partial charge in [0.2, 0.25) is 5.88 Å². The molecule has 1 saturated carbocycles. The number of ether oxygens (including phenoxy) is 1. The molecule has 0 aromatic carbocycles. The van der Waals surface area contributed by atoms with Crippen LogP contribution in [0.5, 0.6) is 5.88 Å². The van der Waals surface area contributed by atoms with Crippen molar-refractivity contribution >= 4 is 32.8 Å². The van der Waals surface area contributed by atoms with Crippen molar-refractivity contribution in [2.75, 3.05) is 11.6 Å². The van der Waals surface area contributed by atoms with Gasteiger partial charge in [-0.3, -0.25) is 0 Å². The number of hydrogen-bond acceptors (Lipinski definition) is 7. The number of sulfone groups is 1. The zero-order chi connectivity index (χ0) is 23.5. The highest BCUT2D eigenvalue weighted by atomic mass is 32.2. The van der Waals surface area contributed by atoms with Crippen molar-refractivity contribution in [1.82, 2.24) is 4.98 Å². The van der Waals surface area contributed by atoms with E-state index < -0.39 is 15.8 Å². The molecule has 2 heterocycles. The summed E-state index contributed by atoms with van der Waals surface area (Å²) in [6.07, 6.45) is 4.16. The van der Waals surface area contributed by atoms with E-state index in [4.69, 9.17) is 4.74 Å². The molecule has 0 amide bonds. The first kappa shape index (κ1) is 24.1. The number of anilines is 1. The lowest BCUT2D eigenvalue weighted by atomic mass is 9.92. The van der Waals surface area contributed by atoms with Gasteiger partial charge in [-0.25, -0.2) is 18.2 Å². The highest BCUT2D eigenvalue weighted by Gasteiger charge is 2.25. The van der Waals surface area contributed by atoms with Crippen LogP contribution in [0.25, 0.3) is 0 Å². The monoisotopic (exact) mass is 476 g/mol. The molecule has 0 aliphatic heterocycles. The minimum absolute atomic E-state index is 0.00521. The van der Waals surface area contributed by atoms with Gasteiger partial charge >= 0.3 is 5.97 Å². The molecule has 9 heteroatoms. The van der Waals surface area contributed by atoms with Crippen LogP contribution < -0.4 is 10.1 Å². The summed E-state index contributed by atoms with van der Waals surface area (Å²) in [7, 11) is -3.39. The second-order valence-corrected chi connectivity index (χ2v) is 12.0. The predicted molar refractivity (Wildman–Crippen MR) is 125 cm³/mol. The molecule has 0 atom stereocenters. The molecule has 32 heavy (non-hydrogen) atoms. The Bertz CT molecular complexity index is 1150. The Hall–Kier alpha value is -2.57. The topological polar surface area (TPSA) is 106 Å². The second kappa shape index (κ2) is 9.51. The highest BCUT2D eigenvalue weighted by Crippen LogP contribution is 2.31. The first-order chi connectivity index (χ1) is 14.9. The maximum Gasteiger partial charge on any atom is 0.348 e. The fourth-order valence-electron chi connectivity index (χ4n) is 3.35. The first-order valence-electron chi connectivity index (χ1n) is 10.4. The Morgan fingerprint density at radius 3 is 2.53 bits per heavy atom. The van der Waals surface area contributed by atoms with E-state index in [2.05, 4.69) is 22.1 Å². The van der Waals surface area contributed by atoms with Crippen molar-refractivity contribution in [3.8, 4) is 17.7 Å². The Labute approximate surface area is 193 Å². The summed E-state index contributed by atoms with van der Waals surface area (Å²) in [6, 6.07) is 6.67. The number of carboxylic acid groups (broad SMARTS) is 1. The average Bonchev–Trinajstić information content (AvgIpc) is 3.10. The standard InChI is InChI=1S/C23H28N2O5S2/c1-23(2,3)13-12-17-14-18(21(31-17)22(26)27)24-15-8-10-16(11-9-15)30-19-6-5-7-20(25-19)32(4,28)29/h5-7,14-16,24H,8-11H2,1-4H3,(H,26,27). The number of rotatable bonds is 6. The molecule has 1 aliphatic carbocycles. The summed E-state index contributed by atoms with van der Waals surface area (Å²) in [5.41, 5.74) is 0.447. The third-order valence-corrected chi connectivity index (χ3v) is 6.91. The smallest absolute Gasteiger partial charge is 0.348 e. The van der Waals surface area contributed by atoms with E-state index in [1.165, 1.54) is 17.4 Å². The summed E-state index contributed by atoms with van der Waals surface area (Å²) in [5.74, 6) is 5.57. The van der Waals surface area contributed by atoms with Gasteiger partial charge < -0.3 is 15.2 Å². The van der Waals surface area contributed by atoms with Gasteiger partial charge in [-0.2, -0.15) is 0 Å². The first-order valence-corrected chi connectivity index (χ1v) is 13.1. The Morgan fingerprint density at radius 2 is 1.94 bits per heavy atom. The number of pyridine rings is 1. The molecule has 172 valence electrons. The van der Waals surface area contributed by atoms with Gasteiger partial charge in [0.05, 0.1) is 10.6 Å². The predicted octanol–water partition coefficient (Wildman–Crippen LogP) is 4.44. The van der Waals surface area contributed by atoms with Crippen LogP contribution in [0, 0.1) is 17.3 Å². The lowest BCUT2D eigenvalue weighted by Gasteiger charge is -2.29. The number of thiophene rings is 1. The van der Waals surface area contributed by atoms with E-state index in [0.717, 1.165) is 36.8 Å². The van der Waals surface area contributed by atoms with Crippen LogP contribution in [0.2, 0.25) is 0 Å². The lowest BCUT2D eigenvalue weighted by Crippen LogP contribution is -2.31. The van der Waals surface area contributed by atoms with E-state index in [0.29, 0.717) is 11.6 Å². The van der Waals surface area contributed by atoms with Gasteiger partial charge in [0, 0.05) is 23.8 Å². The Kier molecular flexibility index (Phi) is 7.16. The molecule has 0 unspecified atom stereocenters. The Balaban J connectivity index is 1.62. The third-order valence-electron chi connectivity index (χ3n) is 4.89. The number of carbonyl (C=O) groups is 1. The fraction of sp³-hybridized carbons (Fsp3) is 0.478. The minimum Gasteiger partial charge on any atom is -0.477 e. The van der Waals surface area contributed by atoms with Gasteiger partial charge in [-0.15, -0.1) is 11.3 Å². The molecule has 2 aromatic heterocycles. The van der Waals surface area contributed by atoms with Crippen molar-refractivity contribution in [2.24, 2.45) is 5.41 Å². The van der Waals surface area contributed by atoms with Crippen LogP contribution in [0.1, 0.15) is 61.0 Å². The van der Waals surface area contributed by atoms with Crippen LogP contribution in [0.4, 0.5) is 5.69 Å². The van der Waals surface area contributed by atoms with Crippen LogP contribution in [-0.4, -0.2) is 42.9 Å². The SMILES string of the molecule is CC(C)(C)C#Cc1cc(NC2CCC(Oc3cccc(S(C)(=O)=O)n3)CC2)c(C(=O)O)s1. The number of carboxylic acids is 1. The van der Waals surface area contributed by atoms with Crippen LogP contribution in [0.15, 0.2) is 29.3 Å². The zero-order valence-electron chi connectivity index (χ0n) is 18.6. The van der Waals surface area contributed by atoms with E-state index in [-0.39, 0.29) is 27.5 Å². The summed E-state index contributed by atoms with van der Waals surface area (Å²) < 4.78 is 29.3. The van der Waals surface area contributed by atoms with Gasteiger partial charge in [0.1, 0.15) is 11.0 Å². The molecular weight excluding hydrogens is 448 g/mol. The molecular formula is C23H28N2O5S2. The van der Waals surface area contributed by atoms with Gasteiger partial charge in [-0.1, -0.05) is 17.9 Å². The fourth-order valence-corrected chi connectivity index (χ4v) is 4.75. The average molecular weight is 477 g/mol. The molecule has 3 rings (SSSR count). The van der Waals surface area contributed by atoms with Crippen molar-refractivity contribution in [1.29, 1.82) is 0 Å². The van der Waals surface area contributed by atoms with Crippen molar-refractivity contribution in [3.63, 3.8) is 0 Å². The quantitative estimate of drug-likeness (QED) is 0.594. The van der Waals surface area contributed by atoms with E-state index in [1.54, 1.807) is 12.1 Å². The van der Waals surface area contributed by atoms with Crippen LogP contribution in [-0.2, 0) is 9.84 Å². The normalized spacial score (nSPS) is 19.0. The largest absolute Gasteiger partial charge is 0.477 e. The molecule has 2 N–H and O–H groups in total. The minimum atomic E-state index is -3.39. The summed E-state index contributed by atoms with van der Waals surface area (Å²) in [6.45, 7) is 6.04. The van der Waals surface area contributed by atoms with E-state index in [9.17, 15) is 18.3 Å². The number of nitrogens with zero attached hydrogens (tertiary/aromatic N) is 1. The number of aromatic nitrogens is 1. The highest BCUT2D eigenvalue weighted by molar-refractivity contribution is 7.90. The van der Waals surface area contributed by atoms with Gasteiger partial charge in [-0.05, 0) is 58.6 Å². The number of hydrogen-bond donors (Lipinski definition) is 2. The van der Waals surface area contributed by atoms with Crippen LogP contribution in [0.3, 0.4) is 0 Å². The summed E-state index contributed by atoms with van der Waals surface area (Å²) in [5, 5.41) is 12.9. The molecule has 0 spiro atoms. The molecule has 7 nitrogen and oxygen atoms in total. The van der Waals surface area contributed by atoms with E-state index in [1.807, 2.05) is 26.8 Å². The Morgan fingerprint density at radius 1 is 1.25 bits per heavy atom. The van der Waals surface area contributed by atoms with Crippen molar-refractivity contribution in [3.05, 3.63) is 34.0 Å². The zero-order valence-corrected chi connectivity index (χ0v) is 20.3. The molecule has 1 fully saturated rings. The van der Waals surface area contributed by atoms with Gasteiger partial charge in [0.15, 0.2) is 14.9 Å². The second-order valence-electron chi connectivity index (χ2n) is 8.98. The third kappa shape index (κ3) is 6.71. The molecule has 1 aliphatic rings. The van der Waals surface area contributed by atoms with E-state index >= 15 is 0 Å². The number of nitrogens with one attached hydrogen (secondary N) is 1. The molecule has 0 saturated heterocycles. The molecule has 0 bridgehead atoms. The summed E-state index contributed by atoms with van der Waals surface area (Å²) >= 11 is 1.18. The molecule has 2 aromatic rings. The van der Waals surface area contributed by atoms with Crippen molar-refractivity contribution < 1.29 is 23.1 Å². The maximum atomic E-state index is 11.7. The summed E-state index contributed by atoms with van der Waals surface area (Å²) in [4.78, 5) is 16.8.